The van der Waals surface area contributed by atoms with Crippen LogP contribution in [0.25, 0.3) is 0 Å². The molecule has 0 spiro atoms. The molecule has 0 aromatic heterocycles. The average molecular weight is 869 g/mol. The first kappa shape index (κ1) is 40.8. The lowest BCUT2D eigenvalue weighted by Crippen LogP contribution is -3.00. The van der Waals surface area contributed by atoms with E-state index in [1.807, 2.05) is 0 Å². The van der Waals surface area contributed by atoms with E-state index < -0.39 is 14.5 Å². The molecule has 0 fully saturated rings. The number of halogens is 2. The Balaban J connectivity index is 0.000000200. The van der Waals surface area contributed by atoms with E-state index in [0.717, 1.165) is 12.3 Å². The molecule has 8 aromatic carbocycles. The maximum absolute atomic E-state index is 2.30. The lowest BCUT2D eigenvalue weighted by molar-refractivity contribution is -0.001000. The van der Waals surface area contributed by atoms with Gasteiger partial charge in [-0.3, -0.25) is 0 Å². The van der Waals surface area contributed by atoms with Crippen molar-refractivity contribution >= 4 is 46.4 Å². The molecule has 0 aliphatic rings. The molecule has 0 atom stereocenters. The van der Waals surface area contributed by atoms with Crippen LogP contribution in [0, 0.1) is 0 Å². The highest BCUT2D eigenvalue weighted by Gasteiger charge is 2.46. The molecule has 0 aliphatic heterocycles. The van der Waals surface area contributed by atoms with Gasteiger partial charge in [-0.2, -0.15) is 0 Å². The first-order chi connectivity index (χ1) is 25.8. The molecule has 0 unspecified atom stereocenters. The van der Waals surface area contributed by atoms with E-state index in [0.29, 0.717) is 0 Å². The van der Waals surface area contributed by atoms with Crippen LogP contribution >= 0.6 is 14.5 Å². The molecule has 0 saturated heterocycles. The molecule has 268 valence electrons. The highest BCUT2D eigenvalue weighted by atomic mass is 127. The second-order valence-corrected chi connectivity index (χ2v) is 19.9. The predicted octanol–water partition coefficient (Wildman–Crippen LogP) is 4.37. The summed E-state index contributed by atoms with van der Waals surface area (Å²) in [6.07, 6.45) is 2.07. The number of benzene rings is 8. The van der Waals surface area contributed by atoms with Gasteiger partial charge < -0.3 is 36.4 Å². The van der Waals surface area contributed by atoms with Crippen LogP contribution in [0.3, 0.4) is 0 Å². The Kier molecular flexibility index (Phi) is 15.4. The lowest BCUT2D eigenvalue weighted by Gasteiger charge is -2.27. The zero-order chi connectivity index (χ0) is 35.3. The minimum absolute atomic E-state index is 0. The van der Waals surface area contributed by atoms with Gasteiger partial charge in [0.05, 0.1) is 12.3 Å². The average Bonchev–Trinajstić information content (AvgIpc) is 3.25. The van der Waals surface area contributed by atoms with Gasteiger partial charge in [0.2, 0.25) is 0 Å². The fourth-order valence-corrected chi connectivity index (χ4v) is 15.7. The molecular formula is C50H44ClIP2. The first-order valence-electron chi connectivity index (χ1n) is 18.0. The molecule has 0 N–H and O–H groups in total. The Morgan fingerprint density at radius 3 is 0.537 bits per heavy atom. The van der Waals surface area contributed by atoms with Crippen LogP contribution in [-0.2, 0) is 12.3 Å². The molecule has 54 heavy (non-hydrogen) atoms. The molecule has 0 saturated carbocycles. The molecule has 0 heterocycles. The van der Waals surface area contributed by atoms with Crippen molar-refractivity contribution in [1.29, 1.82) is 0 Å². The summed E-state index contributed by atoms with van der Waals surface area (Å²) in [5, 5.41) is 8.59. The van der Waals surface area contributed by atoms with Crippen LogP contribution in [0.1, 0.15) is 11.1 Å². The second-order valence-electron chi connectivity index (χ2n) is 12.9. The number of rotatable bonds is 10. The summed E-state index contributed by atoms with van der Waals surface area (Å²) in [4.78, 5) is 0. The fraction of sp³-hybridized carbons (Fsp3) is 0.0400. The molecular weight excluding hydrogens is 825 g/mol. The van der Waals surface area contributed by atoms with Gasteiger partial charge in [-0.15, -0.1) is 0 Å². The van der Waals surface area contributed by atoms with Crippen LogP contribution in [-0.4, -0.2) is 0 Å². The smallest absolute Gasteiger partial charge is 0.116 e. The first-order valence-corrected chi connectivity index (χ1v) is 21.9. The van der Waals surface area contributed by atoms with Gasteiger partial charge in [0, 0.05) is 0 Å². The Bertz CT molecular complexity index is 1850. The maximum atomic E-state index is 2.30. The Morgan fingerprint density at radius 2 is 0.370 bits per heavy atom. The normalized spacial score (nSPS) is 10.8. The van der Waals surface area contributed by atoms with E-state index in [9.17, 15) is 0 Å². The van der Waals surface area contributed by atoms with E-state index in [1.54, 1.807) is 0 Å². The highest BCUT2D eigenvalue weighted by Crippen LogP contribution is 2.59. The van der Waals surface area contributed by atoms with Crippen molar-refractivity contribution in [2.24, 2.45) is 0 Å². The van der Waals surface area contributed by atoms with E-state index in [4.69, 9.17) is 0 Å². The standard InChI is InChI=1S/2C25H22P.ClH.HI/c2*1-5-13-22(14-6-1)21-26(23-15-7-2-8-16-23,24-17-9-3-10-18-24)25-19-11-4-12-20-25;;/h2*1-20H,21H2;2*1H/q2*+1;;/p-2. The fourth-order valence-electron chi connectivity index (χ4n) is 7.25. The Hall–Kier alpha value is -4.36. The van der Waals surface area contributed by atoms with Crippen molar-refractivity contribution in [2.75, 3.05) is 0 Å². The predicted molar refractivity (Wildman–Crippen MR) is 231 cm³/mol. The molecule has 0 nitrogen and oxygen atoms in total. The zero-order valence-corrected chi connectivity index (χ0v) is 34.9. The van der Waals surface area contributed by atoms with Gasteiger partial charge in [-0.05, 0) is 83.9 Å². The third-order valence-corrected chi connectivity index (χ3v) is 18.5. The summed E-state index contributed by atoms with van der Waals surface area (Å²) in [6, 6.07) is 88.1. The summed E-state index contributed by atoms with van der Waals surface area (Å²) >= 11 is 0. The Morgan fingerprint density at radius 1 is 0.222 bits per heavy atom. The van der Waals surface area contributed by atoms with Gasteiger partial charge in [-0.25, -0.2) is 0 Å². The van der Waals surface area contributed by atoms with Gasteiger partial charge in [0.25, 0.3) is 0 Å². The highest BCUT2D eigenvalue weighted by molar-refractivity contribution is 7.95. The van der Waals surface area contributed by atoms with Gasteiger partial charge in [0.1, 0.15) is 46.4 Å². The third-order valence-electron chi connectivity index (χ3n) is 9.71. The molecule has 0 radical (unpaired) electrons. The quantitative estimate of drug-likeness (QED) is 0.142. The van der Waals surface area contributed by atoms with Crippen LogP contribution in [0.4, 0.5) is 0 Å². The zero-order valence-electron chi connectivity index (χ0n) is 30.2. The van der Waals surface area contributed by atoms with Crippen molar-refractivity contribution < 1.29 is 36.4 Å². The van der Waals surface area contributed by atoms with E-state index in [-0.39, 0.29) is 36.4 Å². The monoisotopic (exact) mass is 868 g/mol. The summed E-state index contributed by atoms with van der Waals surface area (Å²) in [5.41, 5.74) is 2.77. The van der Waals surface area contributed by atoms with Crippen molar-refractivity contribution in [1.82, 2.24) is 0 Å². The number of hydrogen-bond acceptors (Lipinski definition) is 0. The van der Waals surface area contributed by atoms with E-state index in [2.05, 4.69) is 243 Å². The third kappa shape index (κ3) is 9.29. The summed E-state index contributed by atoms with van der Waals surface area (Å²) < 4.78 is 0. The summed E-state index contributed by atoms with van der Waals surface area (Å²) in [6.45, 7) is 0. The molecule has 8 aromatic rings. The lowest BCUT2D eigenvalue weighted by atomic mass is 10.2. The number of hydrogen-bond donors (Lipinski definition) is 0. The van der Waals surface area contributed by atoms with Gasteiger partial charge in [-0.1, -0.05) is 170 Å². The summed E-state index contributed by atoms with van der Waals surface area (Å²) in [7, 11) is -3.55. The topological polar surface area (TPSA) is 0 Å². The maximum Gasteiger partial charge on any atom is 0.116 e. The van der Waals surface area contributed by atoms with Crippen molar-refractivity contribution in [2.45, 2.75) is 12.3 Å². The molecule has 0 aliphatic carbocycles. The van der Waals surface area contributed by atoms with E-state index >= 15 is 0 Å². The minimum atomic E-state index is -1.78. The second kappa shape index (κ2) is 20.4. The van der Waals surface area contributed by atoms with Crippen LogP contribution in [0.15, 0.2) is 243 Å². The molecule has 8 rings (SSSR count). The van der Waals surface area contributed by atoms with Gasteiger partial charge in [0.15, 0.2) is 0 Å². The summed E-state index contributed by atoms with van der Waals surface area (Å²) in [5.74, 6) is 0. The van der Waals surface area contributed by atoms with Crippen molar-refractivity contribution in [3.63, 3.8) is 0 Å². The molecule has 0 bridgehead atoms. The molecule has 0 amide bonds. The van der Waals surface area contributed by atoms with Crippen molar-refractivity contribution in [3.8, 4) is 0 Å². The minimum Gasteiger partial charge on any atom is -1.00 e. The largest absolute Gasteiger partial charge is 1.00 e. The molecule has 4 heteroatoms. The SMILES string of the molecule is [Cl-].[I-].c1ccc(C[P+](c2ccccc2)(c2ccccc2)c2ccccc2)cc1.c1ccc(C[P+](c2ccccc2)(c2ccccc2)c2ccccc2)cc1. The van der Waals surface area contributed by atoms with Gasteiger partial charge >= 0.3 is 0 Å². The van der Waals surface area contributed by atoms with Crippen molar-refractivity contribution in [3.05, 3.63) is 254 Å². The van der Waals surface area contributed by atoms with Crippen LogP contribution in [0.5, 0.6) is 0 Å². The van der Waals surface area contributed by atoms with Crippen LogP contribution in [0.2, 0.25) is 0 Å². The Labute approximate surface area is 346 Å². The van der Waals surface area contributed by atoms with E-state index in [1.165, 1.54) is 43.0 Å². The van der Waals surface area contributed by atoms with Crippen LogP contribution < -0.4 is 68.2 Å².